The van der Waals surface area contributed by atoms with E-state index >= 15 is 0 Å². The third-order valence-corrected chi connectivity index (χ3v) is 5.28. The van der Waals surface area contributed by atoms with Crippen LogP contribution in [-0.4, -0.2) is 43.7 Å². The van der Waals surface area contributed by atoms with Crippen molar-refractivity contribution in [1.82, 2.24) is 10.2 Å². The van der Waals surface area contributed by atoms with E-state index in [-0.39, 0.29) is 30.7 Å². The largest absolute Gasteiger partial charge is 0.379 e. The Labute approximate surface area is 169 Å². The molecule has 7 heteroatoms. The summed E-state index contributed by atoms with van der Waals surface area (Å²) in [5.41, 5.74) is 7.87. The van der Waals surface area contributed by atoms with E-state index in [9.17, 15) is 4.79 Å². The molecule has 0 spiro atoms. The first-order valence-electron chi connectivity index (χ1n) is 9.00. The van der Waals surface area contributed by atoms with E-state index in [0.29, 0.717) is 13.1 Å². The van der Waals surface area contributed by atoms with Crippen LogP contribution in [0, 0.1) is 5.41 Å². The van der Waals surface area contributed by atoms with Crippen molar-refractivity contribution >= 4 is 30.7 Å². The summed E-state index contributed by atoms with van der Waals surface area (Å²) in [5, 5.41) is 3.11. The molecule has 26 heavy (non-hydrogen) atoms. The van der Waals surface area contributed by atoms with Gasteiger partial charge in [-0.1, -0.05) is 38.1 Å². The van der Waals surface area contributed by atoms with Crippen molar-refractivity contribution < 1.29 is 9.53 Å². The number of amides is 1. The summed E-state index contributed by atoms with van der Waals surface area (Å²) >= 11 is 0. The highest BCUT2D eigenvalue weighted by atomic mass is 35.5. The van der Waals surface area contributed by atoms with Crippen LogP contribution in [0.25, 0.3) is 0 Å². The molecule has 0 aliphatic carbocycles. The van der Waals surface area contributed by atoms with Gasteiger partial charge in [0.1, 0.15) is 0 Å². The van der Waals surface area contributed by atoms with Crippen molar-refractivity contribution in [3.63, 3.8) is 0 Å². The van der Waals surface area contributed by atoms with Crippen molar-refractivity contribution in [2.45, 2.75) is 39.8 Å². The number of rotatable bonds is 8. The van der Waals surface area contributed by atoms with E-state index in [1.807, 2.05) is 19.9 Å². The average Bonchev–Trinajstić information content (AvgIpc) is 2.64. The van der Waals surface area contributed by atoms with Crippen molar-refractivity contribution in [3.05, 3.63) is 35.4 Å². The van der Waals surface area contributed by atoms with Crippen molar-refractivity contribution in [2.75, 3.05) is 32.8 Å². The van der Waals surface area contributed by atoms with Crippen LogP contribution in [0.3, 0.4) is 0 Å². The Balaban J connectivity index is 0.00000312. The fourth-order valence-electron chi connectivity index (χ4n) is 3.20. The Kier molecular flexibility index (Phi) is 12.1. The first-order chi connectivity index (χ1) is 11.6. The highest BCUT2D eigenvalue weighted by Crippen LogP contribution is 2.25. The second kappa shape index (κ2) is 12.5. The lowest BCUT2D eigenvalue weighted by atomic mass is 9.81. The summed E-state index contributed by atoms with van der Waals surface area (Å²) in [7, 11) is 0. The number of ether oxygens (including phenoxy) is 1. The van der Waals surface area contributed by atoms with Crippen LogP contribution in [0.4, 0.5) is 0 Å². The molecule has 1 saturated heterocycles. The molecule has 1 aliphatic rings. The molecule has 1 aliphatic heterocycles. The molecule has 0 radical (unpaired) electrons. The molecule has 1 aromatic carbocycles. The van der Waals surface area contributed by atoms with Crippen molar-refractivity contribution in [3.8, 4) is 0 Å². The molecule has 0 aromatic heterocycles. The zero-order chi connectivity index (χ0) is 17.4. The Morgan fingerprint density at radius 2 is 1.73 bits per heavy atom. The van der Waals surface area contributed by atoms with Crippen LogP contribution in [0.5, 0.6) is 0 Å². The number of halogens is 2. The van der Waals surface area contributed by atoms with Gasteiger partial charge < -0.3 is 15.8 Å². The Morgan fingerprint density at radius 1 is 1.15 bits per heavy atom. The number of nitrogens with two attached hydrogens (primary N) is 1. The van der Waals surface area contributed by atoms with Crippen LogP contribution in [-0.2, 0) is 22.6 Å². The molecule has 0 unspecified atom stereocenters. The maximum atomic E-state index is 12.6. The van der Waals surface area contributed by atoms with E-state index in [4.69, 9.17) is 10.5 Å². The Morgan fingerprint density at radius 3 is 2.27 bits per heavy atom. The topological polar surface area (TPSA) is 67.6 Å². The van der Waals surface area contributed by atoms with E-state index < -0.39 is 5.41 Å². The highest BCUT2D eigenvalue weighted by Gasteiger charge is 2.33. The van der Waals surface area contributed by atoms with Crippen LogP contribution in [0.1, 0.15) is 37.8 Å². The van der Waals surface area contributed by atoms with Gasteiger partial charge in [0.05, 0.1) is 18.6 Å². The number of carbonyl (C=O) groups is 1. The zero-order valence-electron chi connectivity index (χ0n) is 15.8. The van der Waals surface area contributed by atoms with E-state index in [1.165, 1.54) is 11.1 Å². The van der Waals surface area contributed by atoms with Gasteiger partial charge in [-0.3, -0.25) is 9.69 Å². The molecule has 2 rings (SSSR count). The van der Waals surface area contributed by atoms with E-state index in [1.54, 1.807) is 0 Å². The molecule has 0 saturated carbocycles. The van der Waals surface area contributed by atoms with Gasteiger partial charge in [0.25, 0.3) is 0 Å². The molecule has 1 fully saturated rings. The van der Waals surface area contributed by atoms with Crippen LogP contribution < -0.4 is 11.1 Å². The predicted molar refractivity (Wildman–Crippen MR) is 111 cm³/mol. The Bertz CT molecular complexity index is 525. The van der Waals surface area contributed by atoms with E-state index in [2.05, 4.69) is 28.4 Å². The normalized spacial score (nSPS) is 14.9. The van der Waals surface area contributed by atoms with Gasteiger partial charge >= 0.3 is 0 Å². The van der Waals surface area contributed by atoms with Crippen LogP contribution in [0.15, 0.2) is 24.3 Å². The molecule has 1 heterocycles. The second-order valence-corrected chi connectivity index (χ2v) is 6.53. The number of hydrogen-bond acceptors (Lipinski definition) is 4. The van der Waals surface area contributed by atoms with Gasteiger partial charge in [-0.2, -0.15) is 0 Å². The number of nitrogens with zero attached hydrogens (tertiary/aromatic N) is 1. The summed E-state index contributed by atoms with van der Waals surface area (Å²) in [6.07, 6.45) is 1.53. The van der Waals surface area contributed by atoms with Crippen molar-refractivity contribution in [1.29, 1.82) is 0 Å². The minimum absolute atomic E-state index is 0. The first kappa shape index (κ1) is 25.1. The zero-order valence-corrected chi connectivity index (χ0v) is 17.5. The molecule has 5 nitrogen and oxygen atoms in total. The van der Waals surface area contributed by atoms with Crippen LogP contribution >= 0.6 is 24.8 Å². The number of nitrogens with one attached hydrogen (secondary N) is 1. The van der Waals surface area contributed by atoms with Crippen molar-refractivity contribution in [2.24, 2.45) is 11.1 Å². The van der Waals surface area contributed by atoms with Gasteiger partial charge in [0.15, 0.2) is 0 Å². The summed E-state index contributed by atoms with van der Waals surface area (Å²) in [4.78, 5) is 15.0. The second-order valence-electron chi connectivity index (χ2n) is 6.53. The lowest BCUT2D eigenvalue weighted by Crippen LogP contribution is -2.45. The monoisotopic (exact) mass is 405 g/mol. The molecule has 150 valence electrons. The number of hydrogen-bond donors (Lipinski definition) is 2. The maximum Gasteiger partial charge on any atom is 0.227 e. The number of morpholine rings is 1. The lowest BCUT2D eigenvalue weighted by molar-refractivity contribution is -0.131. The summed E-state index contributed by atoms with van der Waals surface area (Å²) < 4.78 is 5.41. The van der Waals surface area contributed by atoms with Gasteiger partial charge in [-0.15, -0.1) is 24.8 Å². The maximum absolute atomic E-state index is 12.6. The SMILES string of the molecule is CCC(CC)(CN)C(=O)NCc1ccccc1CN1CCOCC1.Cl.Cl. The van der Waals surface area contributed by atoms with E-state index in [0.717, 1.165) is 45.7 Å². The molecule has 0 bridgehead atoms. The molecule has 0 atom stereocenters. The molecular formula is C19H33Cl2N3O2. The smallest absolute Gasteiger partial charge is 0.227 e. The predicted octanol–water partition coefficient (Wildman–Crippen LogP) is 2.74. The first-order valence-corrected chi connectivity index (χ1v) is 9.00. The molecule has 3 N–H and O–H groups in total. The molecular weight excluding hydrogens is 373 g/mol. The number of benzene rings is 1. The Hall–Kier alpha value is -0.850. The summed E-state index contributed by atoms with van der Waals surface area (Å²) in [6.45, 7) is 9.42. The third kappa shape index (κ3) is 6.39. The number of carbonyl (C=O) groups excluding carboxylic acids is 1. The quantitative estimate of drug-likeness (QED) is 0.697. The minimum atomic E-state index is -0.445. The average molecular weight is 406 g/mol. The molecule has 1 aromatic rings. The fourth-order valence-corrected chi connectivity index (χ4v) is 3.20. The minimum Gasteiger partial charge on any atom is -0.379 e. The third-order valence-electron chi connectivity index (χ3n) is 5.28. The fraction of sp³-hybridized carbons (Fsp3) is 0.632. The van der Waals surface area contributed by atoms with Gasteiger partial charge in [0, 0.05) is 32.7 Å². The van der Waals surface area contributed by atoms with Crippen LogP contribution in [0.2, 0.25) is 0 Å². The van der Waals surface area contributed by atoms with Gasteiger partial charge in [-0.05, 0) is 24.0 Å². The van der Waals surface area contributed by atoms with Gasteiger partial charge in [0.2, 0.25) is 5.91 Å². The lowest BCUT2D eigenvalue weighted by Gasteiger charge is -2.29. The van der Waals surface area contributed by atoms with Gasteiger partial charge in [-0.25, -0.2) is 0 Å². The highest BCUT2D eigenvalue weighted by molar-refractivity contribution is 5.85. The summed E-state index contributed by atoms with van der Waals surface area (Å²) in [6, 6.07) is 8.33. The summed E-state index contributed by atoms with van der Waals surface area (Å²) in [5.74, 6) is 0.0659. The molecule has 1 amide bonds. The standard InChI is InChI=1S/C19H31N3O2.2ClH/c1-3-19(4-2,15-20)18(23)21-13-16-7-5-6-8-17(16)14-22-9-11-24-12-10-22;;/h5-8H,3-4,9-15,20H2,1-2H3,(H,21,23);2*1H.